The topological polar surface area (TPSA) is 349 Å². The number of unbranched alkanes of at least 4 members (excludes halogenated alkanes) is 42. The van der Waals surface area contributed by atoms with Crippen molar-refractivity contribution in [2.24, 2.45) is 17.8 Å². The molecular formula is C119H206N4O20. The maximum Gasteiger partial charge on any atom is 0.407 e. The lowest BCUT2D eigenvalue weighted by atomic mass is 9.79. The fourth-order valence-corrected chi connectivity index (χ4v) is 18.2. The third kappa shape index (κ3) is 66.6. The Kier molecular flexibility index (Phi) is 81.6. The van der Waals surface area contributed by atoms with E-state index in [9.17, 15) is 54.6 Å². The fraction of sp³-hybridized carbons (Fsp3) is 0.756. The Bertz CT molecular complexity index is 3600. The minimum Gasteiger partial charge on any atom is -0.481 e. The molecule has 0 aromatic heterocycles. The highest BCUT2D eigenvalue weighted by atomic mass is 16.7. The highest BCUT2D eigenvalue weighted by Gasteiger charge is 2.46. The Morgan fingerprint density at radius 2 is 0.748 bits per heavy atom. The largest absolute Gasteiger partial charge is 0.481 e. The average Bonchev–Trinajstić information content (AvgIpc) is 0.812. The van der Waals surface area contributed by atoms with E-state index in [2.05, 4.69) is 118 Å². The Morgan fingerprint density at radius 1 is 0.399 bits per heavy atom. The van der Waals surface area contributed by atoms with Gasteiger partial charge in [-0.25, -0.2) is 4.79 Å². The molecule has 6 rings (SSSR count). The second-order valence-electron chi connectivity index (χ2n) is 39.9. The molecule has 4 unspecified atom stereocenters. The average molecular weight is 2020 g/mol. The first kappa shape index (κ1) is 129. The van der Waals surface area contributed by atoms with Gasteiger partial charge in [0.15, 0.2) is 12.6 Å². The van der Waals surface area contributed by atoms with Crippen LogP contribution < -0.4 is 21.3 Å². The number of hydrogen-bond donors (Lipinski definition) is 11. The summed E-state index contributed by atoms with van der Waals surface area (Å²) in [5.41, 5.74) is 4.29. The number of amides is 4. The van der Waals surface area contributed by atoms with Crippen LogP contribution in [0.15, 0.2) is 121 Å². The monoisotopic (exact) mass is 2010 g/mol. The van der Waals surface area contributed by atoms with E-state index in [1.807, 2.05) is 72.8 Å². The van der Waals surface area contributed by atoms with Gasteiger partial charge in [0, 0.05) is 47.4 Å². The number of carboxylic acids is 1. The number of carboxylic acid groups (broad SMARTS) is 1. The SMILES string of the molecule is CCCCCC(=O)O.CCCCCCCCCCCCCC[C@@H](O)[C@@H](O)[C@H](CO[C@H]1OC(CO)[C@H](O)[C@H](O)C1O)NC(=O)CCCCCCCCCCCNC(=O)CCCCC.CCCCCCCCCCCCCC[C@@H](OCc1ccccc1)[C@@H](OCc1ccccc1)[C@H](CO[C@H]1OC(COCc2ccccc2)[C@H](C)[C@H](C)C1C)NC(=O)CCCCCCCCCCCNC(=O)OCc1ccccc1.[2H]C.[3H]CC. The van der Waals surface area contributed by atoms with Crippen LogP contribution in [0.4, 0.5) is 4.79 Å². The fourth-order valence-electron chi connectivity index (χ4n) is 18.2. The van der Waals surface area contributed by atoms with Crippen LogP contribution in [0.5, 0.6) is 0 Å². The van der Waals surface area contributed by atoms with E-state index in [1.165, 1.54) is 136 Å². The minimum atomic E-state index is -1.62. The van der Waals surface area contributed by atoms with Gasteiger partial charge in [-0.2, -0.15) is 0 Å². The number of aliphatic carboxylic acids is 1. The van der Waals surface area contributed by atoms with Crippen LogP contribution in [0.1, 0.15) is 441 Å². The van der Waals surface area contributed by atoms with Crippen molar-refractivity contribution in [3.05, 3.63) is 144 Å². The summed E-state index contributed by atoms with van der Waals surface area (Å²) in [7, 11) is 1.25. The molecule has 2 aliphatic rings. The molecule has 0 spiro atoms. The predicted octanol–water partition coefficient (Wildman–Crippen LogP) is 25.4. The van der Waals surface area contributed by atoms with E-state index in [0.717, 1.165) is 209 Å². The predicted molar refractivity (Wildman–Crippen MR) is 579 cm³/mol. The third-order valence-electron chi connectivity index (χ3n) is 27.6. The van der Waals surface area contributed by atoms with Gasteiger partial charge >= 0.3 is 12.1 Å². The van der Waals surface area contributed by atoms with Gasteiger partial charge in [0.25, 0.3) is 0 Å². The van der Waals surface area contributed by atoms with Gasteiger partial charge in [-0.3, -0.25) is 19.2 Å². The lowest BCUT2D eigenvalue weighted by molar-refractivity contribution is -0.303. The maximum absolute atomic E-state index is 14.3. The molecule has 143 heavy (non-hydrogen) atoms. The van der Waals surface area contributed by atoms with E-state index in [-0.39, 0.29) is 74.1 Å². The Morgan fingerprint density at radius 3 is 1.20 bits per heavy atom. The molecule has 822 valence electrons. The molecule has 16 atom stereocenters. The summed E-state index contributed by atoms with van der Waals surface area (Å²) in [6.07, 6.45) is 45.7. The van der Waals surface area contributed by atoms with Crippen molar-refractivity contribution >= 4 is 29.8 Å². The summed E-state index contributed by atoms with van der Waals surface area (Å²) in [4.78, 5) is 61.0. The smallest absolute Gasteiger partial charge is 0.407 e. The van der Waals surface area contributed by atoms with E-state index >= 15 is 0 Å². The van der Waals surface area contributed by atoms with Crippen LogP contribution in [0.3, 0.4) is 0 Å². The maximum atomic E-state index is 14.3. The second-order valence-corrected chi connectivity index (χ2v) is 39.9. The number of aliphatic hydroxyl groups is 6. The number of nitrogens with one attached hydrogen (secondary N) is 4. The second kappa shape index (κ2) is 90.6. The first-order chi connectivity index (χ1) is 70.6. The Labute approximate surface area is 870 Å². The molecule has 4 amide bonds. The summed E-state index contributed by atoms with van der Waals surface area (Å²) in [5.74, 6) is -0.0807. The molecule has 0 bridgehead atoms. The highest BCUT2D eigenvalue weighted by molar-refractivity contribution is 5.77. The zero-order valence-electron chi connectivity index (χ0n) is 92.7. The lowest BCUT2D eigenvalue weighted by Gasteiger charge is -2.44. The molecule has 4 aromatic carbocycles. The number of alkyl carbamates (subject to hydrolysis) is 1. The first-order valence-corrected chi connectivity index (χ1v) is 56.4. The number of rotatable bonds is 83. The summed E-state index contributed by atoms with van der Waals surface area (Å²) < 4.78 is 62.5. The van der Waals surface area contributed by atoms with Crippen LogP contribution >= 0.6 is 0 Å². The standard InChI is InChI=1S/C68H102N2O8.C42H82N2O10.C6H12O2.C2H6.CH4/c1-5-6-7-8-9-10-11-12-14-17-20-35-46-63(74-50-59-40-29-24-30-41-59)66(75-51-60-42-31-25-32-43-60)62(53-76-67-57(4)55(2)56(3)64(78-67)54-73-49-58-38-27-23-28-39-58)70-65(71)47-36-21-18-15-13-16-19-22-37-48-69-68(72)77-52-61-44-33-26-34-45-61;1-3-5-7-8-9-10-11-12-14-17-20-24-27-34(46)38(49)33(32-53-42-41(52)40(51)39(50)35(31-45)54-42)44-37(48)29-25-21-18-15-13-16-19-22-26-30-43-36(47)28-23-6-4-2;1-2-3-4-5-6(7)8;1-2;/h23-34,38-45,55-57,62-64,66-67H,5-22,35-37,46-54H2,1-4H3,(H,69,72)(H,70,71);33-35,38-42,45-46,49-52H,3-32H2,1-2H3,(H,43,47)(H,44,48);2-5H2,1H3,(H,7,8);1-2H3;1H4/t55-,56+,57?,62-,63+,64?,66-,67-;33-,34+,35?,38-,39-,40-,41?,42-;;;/m00.../s1/i;;;1T;1D. The van der Waals surface area contributed by atoms with Crippen LogP contribution in [0, 0.1) is 17.8 Å². The Balaban J connectivity index is 0.000000920. The van der Waals surface area contributed by atoms with Gasteiger partial charge in [0.1, 0.15) is 43.2 Å². The van der Waals surface area contributed by atoms with Crippen LogP contribution in [0.2, 0.25) is 0 Å². The van der Waals surface area contributed by atoms with E-state index in [0.29, 0.717) is 77.9 Å². The van der Waals surface area contributed by atoms with Crippen LogP contribution in [-0.2, 0) is 83.5 Å². The van der Waals surface area contributed by atoms with Crippen molar-refractivity contribution in [1.82, 2.24) is 21.3 Å². The van der Waals surface area contributed by atoms with Crippen molar-refractivity contribution in [3.8, 4) is 0 Å². The van der Waals surface area contributed by atoms with Crippen molar-refractivity contribution in [3.63, 3.8) is 0 Å². The van der Waals surface area contributed by atoms with Crippen LogP contribution in [-0.4, -0.2) is 185 Å². The molecule has 2 fully saturated rings. The van der Waals surface area contributed by atoms with Crippen molar-refractivity contribution in [1.29, 1.82) is 0 Å². The van der Waals surface area contributed by atoms with E-state index in [1.54, 1.807) is 6.92 Å². The molecule has 2 aliphatic heterocycles. The summed E-state index contributed by atoms with van der Waals surface area (Å²) >= 11 is 0. The van der Waals surface area contributed by atoms with Gasteiger partial charge in [-0.15, -0.1) is 0 Å². The number of ether oxygens (including phenoxy) is 8. The zero-order chi connectivity index (χ0) is 106. The van der Waals surface area contributed by atoms with Gasteiger partial charge in [-0.05, 0) is 85.5 Å². The highest BCUT2D eigenvalue weighted by Crippen LogP contribution is 2.37. The van der Waals surface area contributed by atoms with E-state index in [4.69, 9.17) is 45.7 Å². The quantitative estimate of drug-likeness (QED) is 0.0183. The molecule has 0 radical (unpaired) electrons. The van der Waals surface area contributed by atoms with Crippen LogP contribution in [0.25, 0.3) is 0 Å². The van der Waals surface area contributed by atoms with Gasteiger partial charge in [-0.1, -0.05) is 461 Å². The number of carbonyl (C=O) groups excluding carboxylic acids is 4. The Hall–Kier alpha value is -6.49. The number of benzene rings is 4. The van der Waals surface area contributed by atoms with Gasteiger partial charge in [0.05, 0.1) is 76.6 Å². The number of aliphatic hydroxyl groups excluding tert-OH is 6. The molecule has 0 saturated carbocycles. The number of hydrogen-bond acceptors (Lipinski definition) is 19. The van der Waals surface area contributed by atoms with Gasteiger partial charge < -0.3 is 94.9 Å². The molecule has 24 nitrogen and oxygen atoms in total. The number of carbonyl (C=O) groups is 5. The van der Waals surface area contributed by atoms with Crippen molar-refractivity contribution < 1.29 is 100 Å². The molecule has 24 heteroatoms. The molecule has 4 aromatic rings. The molecule has 0 aliphatic carbocycles. The molecule has 11 N–H and O–H groups in total. The third-order valence-corrected chi connectivity index (χ3v) is 27.6. The van der Waals surface area contributed by atoms with Crippen molar-refractivity contribution in [2.45, 2.75) is 522 Å². The lowest BCUT2D eigenvalue weighted by Crippen LogP contribution is -2.60. The normalized spacial score (nSPS) is 19.0. The minimum absolute atomic E-state index is 0.00781. The molecular weight excluding hydrogens is 1810 g/mol. The zero-order valence-corrected chi connectivity index (χ0v) is 90.7. The van der Waals surface area contributed by atoms with Gasteiger partial charge in [0.2, 0.25) is 17.7 Å². The van der Waals surface area contributed by atoms with E-state index < -0.39 is 80.0 Å². The summed E-state index contributed by atoms with van der Waals surface area (Å²) in [6.45, 7) is 20.5. The molecule has 2 saturated heterocycles. The summed E-state index contributed by atoms with van der Waals surface area (Å²) in [6, 6.07) is 39.2. The molecule has 2 heterocycles. The first-order valence-electron chi connectivity index (χ1n) is 58.1. The summed E-state index contributed by atoms with van der Waals surface area (Å²) in [5, 5.41) is 82.5. The van der Waals surface area contributed by atoms with Crippen molar-refractivity contribution in [2.75, 3.05) is 39.5 Å².